The van der Waals surface area contributed by atoms with Crippen LogP contribution < -0.4 is 24.4 Å². The zero-order valence-corrected chi connectivity index (χ0v) is 23.7. The number of nitrogens with one attached hydrogen (secondary N) is 2. The van der Waals surface area contributed by atoms with E-state index in [1.54, 1.807) is 42.6 Å². The molecule has 41 heavy (non-hydrogen) atoms. The number of pyridine rings is 1. The Bertz CT molecular complexity index is 1730. The first-order valence-electron chi connectivity index (χ1n) is 12.2. The third kappa shape index (κ3) is 5.64. The Morgan fingerprint density at radius 2 is 1.85 bits per heavy atom. The van der Waals surface area contributed by atoms with Crippen LogP contribution in [0.2, 0.25) is 0 Å². The predicted octanol–water partition coefficient (Wildman–Crippen LogP) is 4.82. The van der Waals surface area contributed by atoms with E-state index in [-0.39, 0.29) is 17.1 Å². The van der Waals surface area contributed by atoms with Gasteiger partial charge in [0.1, 0.15) is 29.1 Å². The average molecular weight is 596 g/mol. The molecule has 5 rings (SSSR count). The van der Waals surface area contributed by atoms with Crippen molar-refractivity contribution in [3.63, 3.8) is 0 Å². The molecule has 2 aromatic carbocycles. The van der Waals surface area contributed by atoms with Gasteiger partial charge in [0.15, 0.2) is 5.11 Å². The predicted molar refractivity (Wildman–Crippen MR) is 157 cm³/mol. The van der Waals surface area contributed by atoms with E-state index in [1.807, 2.05) is 23.1 Å². The van der Waals surface area contributed by atoms with Gasteiger partial charge in [-0.05, 0) is 54.7 Å². The van der Waals surface area contributed by atoms with E-state index in [0.29, 0.717) is 33.6 Å². The van der Waals surface area contributed by atoms with E-state index in [9.17, 15) is 18.5 Å². The number of hydrogen-bond acceptors (Lipinski definition) is 9. The van der Waals surface area contributed by atoms with Crippen molar-refractivity contribution in [3.8, 4) is 22.8 Å². The second-order valence-corrected chi connectivity index (χ2v) is 11.2. The number of thiocarbonyl (C=S) groups is 1. The highest BCUT2D eigenvalue weighted by atomic mass is 32.2. The van der Waals surface area contributed by atoms with Gasteiger partial charge in [0.2, 0.25) is 10.0 Å². The maximum atomic E-state index is 11.8. The van der Waals surface area contributed by atoms with Crippen LogP contribution in [-0.4, -0.2) is 43.9 Å². The lowest BCUT2D eigenvalue weighted by atomic mass is 10.0. The molecule has 0 unspecified atom stereocenters. The smallest absolute Gasteiger partial charge is 0.273 e. The fourth-order valence-electron chi connectivity index (χ4n) is 4.69. The van der Waals surface area contributed by atoms with E-state index >= 15 is 0 Å². The van der Waals surface area contributed by atoms with E-state index in [2.05, 4.69) is 15.0 Å². The molecule has 0 saturated carbocycles. The van der Waals surface area contributed by atoms with Crippen molar-refractivity contribution in [1.29, 1.82) is 0 Å². The molecule has 2 atom stereocenters. The summed E-state index contributed by atoms with van der Waals surface area (Å²) < 4.78 is 43.4. The highest BCUT2D eigenvalue weighted by Gasteiger charge is 2.43. The van der Waals surface area contributed by atoms with Crippen LogP contribution in [0.3, 0.4) is 0 Å². The van der Waals surface area contributed by atoms with E-state index in [1.165, 1.54) is 26.4 Å². The SMILES string of the molecule is COc1cc(N2C(=S)N[C@@H](c3ccccn3)[C@@H]2c2ccc(-c3ccc([N+](=O)[O-])cc3OC)o2)ccc1NS(C)(=O)=O. The molecule has 0 aliphatic carbocycles. The Hall–Kier alpha value is -4.69. The average Bonchev–Trinajstić information content (AvgIpc) is 3.57. The number of hydrogen-bond donors (Lipinski definition) is 2. The van der Waals surface area contributed by atoms with Gasteiger partial charge in [0.25, 0.3) is 5.69 Å². The molecule has 1 fully saturated rings. The number of rotatable bonds is 9. The third-order valence-electron chi connectivity index (χ3n) is 6.44. The van der Waals surface area contributed by atoms with E-state index in [4.69, 9.17) is 26.1 Å². The zero-order valence-electron chi connectivity index (χ0n) is 22.1. The number of nitro groups is 1. The van der Waals surface area contributed by atoms with Gasteiger partial charge in [0, 0.05) is 24.0 Å². The number of nitrogens with zero attached hydrogens (tertiary/aromatic N) is 3. The summed E-state index contributed by atoms with van der Waals surface area (Å²) in [4.78, 5) is 17.1. The van der Waals surface area contributed by atoms with Crippen molar-refractivity contribution in [2.24, 2.45) is 0 Å². The number of furan rings is 1. The molecule has 0 bridgehead atoms. The standard InChI is InChI=1S/C27H25N5O7S2/c1-37-23-15-17(32(33)34)7-9-18(23)21-11-12-22(39-21)26-25(20-6-4-5-13-28-20)29-27(40)31(26)16-8-10-19(24(14-16)38-2)30-41(3,35)36/h4-15,25-26,30H,1-3H3,(H,29,40)/t25-,26-/m0/s1. The Morgan fingerprint density at radius 3 is 2.51 bits per heavy atom. The van der Waals surface area contributed by atoms with Crippen LogP contribution in [0, 0.1) is 10.1 Å². The van der Waals surface area contributed by atoms with Crippen molar-refractivity contribution in [2.45, 2.75) is 12.1 Å². The molecule has 1 aliphatic heterocycles. The highest BCUT2D eigenvalue weighted by molar-refractivity contribution is 7.92. The van der Waals surface area contributed by atoms with Crippen LogP contribution in [0.1, 0.15) is 23.5 Å². The summed E-state index contributed by atoms with van der Waals surface area (Å²) in [5, 5.41) is 15.0. The lowest BCUT2D eigenvalue weighted by molar-refractivity contribution is -0.384. The number of non-ortho nitro benzene ring substituents is 1. The number of ether oxygens (including phenoxy) is 2. The van der Waals surface area contributed by atoms with Crippen LogP contribution in [0.15, 0.2) is 77.3 Å². The van der Waals surface area contributed by atoms with Crippen molar-refractivity contribution in [2.75, 3.05) is 30.1 Å². The van der Waals surface area contributed by atoms with Gasteiger partial charge in [0.05, 0.1) is 54.5 Å². The second-order valence-electron chi connectivity index (χ2n) is 9.10. The minimum absolute atomic E-state index is 0.105. The molecular weight excluding hydrogens is 570 g/mol. The zero-order chi connectivity index (χ0) is 29.3. The second kappa shape index (κ2) is 11.1. The van der Waals surface area contributed by atoms with Crippen LogP contribution in [0.25, 0.3) is 11.3 Å². The van der Waals surface area contributed by atoms with Gasteiger partial charge in [-0.2, -0.15) is 0 Å². The van der Waals surface area contributed by atoms with Gasteiger partial charge in [-0.25, -0.2) is 8.42 Å². The summed E-state index contributed by atoms with van der Waals surface area (Å²) in [5.74, 6) is 1.55. The minimum atomic E-state index is -3.54. The largest absolute Gasteiger partial charge is 0.496 e. The molecule has 1 saturated heterocycles. The van der Waals surface area contributed by atoms with Crippen molar-refractivity contribution in [1.82, 2.24) is 10.3 Å². The van der Waals surface area contributed by atoms with Crippen LogP contribution in [0.5, 0.6) is 11.5 Å². The number of benzene rings is 2. The lowest BCUT2D eigenvalue weighted by Crippen LogP contribution is -2.29. The summed E-state index contributed by atoms with van der Waals surface area (Å²) >= 11 is 5.76. The maximum Gasteiger partial charge on any atom is 0.273 e. The van der Waals surface area contributed by atoms with Gasteiger partial charge in [-0.15, -0.1) is 0 Å². The molecule has 0 radical (unpaired) electrons. The number of sulfonamides is 1. The maximum absolute atomic E-state index is 11.8. The van der Waals surface area contributed by atoms with E-state index < -0.39 is 27.0 Å². The first kappa shape index (κ1) is 27.9. The molecular formula is C27H25N5O7S2. The molecule has 4 aromatic rings. The van der Waals surface area contributed by atoms with Crippen LogP contribution >= 0.6 is 12.2 Å². The monoisotopic (exact) mass is 595 g/mol. The van der Waals surface area contributed by atoms with E-state index in [0.717, 1.165) is 11.9 Å². The molecule has 1 aliphatic rings. The van der Waals surface area contributed by atoms with Gasteiger partial charge >= 0.3 is 0 Å². The van der Waals surface area contributed by atoms with Crippen molar-refractivity contribution < 1.29 is 27.2 Å². The van der Waals surface area contributed by atoms with Gasteiger partial charge in [-0.1, -0.05) is 6.07 Å². The Labute approximate surface area is 241 Å². The molecule has 0 amide bonds. The fraction of sp³-hybridized carbons (Fsp3) is 0.185. The molecule has 12 nitrogen and oxygen atoms in total. The first-order chi connectivity index (χ1) is 19.6. The molecule has 0 spiro atoms. The summed E-state index contributed by atoms with van der Waals surface area (Å²) in [7, 11) is -0.667. The lowest BCUT2D eigenvalue weighted by Gasteiger charge is -2.27. The summed E-state index contributed by atoms with van der Waals surface area (Å²) in [5.41, 5.74) is 2.05. The normalized spacial score (nSPS) is 16.8. The number of aromatic nitrogens is 1. The van der Waals surface area contributed by atoms with Crippen LogP contribution in [0.4, 0.5) is 17.1 Å². The van der Waals surface area contributed by atoms with Gasteiger partial charge in [-0.3, -0.25) is 19.8 Å². The molecule has 2 N–H and O–H groups in total. The molecule has 14 heteroatoms. The Balaban J connectivity index is 1.60. The summed E-state index contributed by atoms with van der Waals surface area (Å²) in [6, 6.07) is 17.5. The third-order valence-corrected chi connectivity index (χ3v) is 7.34. The number of nitro benzene ring substituents is 1. The fourth-order valence-corrected chi connectivity index (χ4v) is 5.60. The minimum Gasteiger partial charge on any atom is -0.496 e. The van der Waals surface area contributed by atoms with Gasteiger partial charge < -0.3 is 24.1 Å². The highest BCUT2D eigenvalue weighted by Crippen LogP contribution is 2.45. The Kier molecular flexibility index (Phi) is 7.51. The van der Waals surface area contributed by atoms with Crippen molar-refractivity contribution >= 4 is 44.4 Å². The number of anilines is 2. The Morgan fingerprint density at radius 1 is 1.07 bits per heavy atom. The summed E-state index contributed by atoms with van der Waals surface area (Å²) in [6.07, 6.45) is 2.74. The number of methoxy groups -OCH3 is 2. The van der Waals surface area contributed by atoms with Crippen LogP contribution in [-0.2, 0) is 10.0 Å². The molecule has 2 aromatic heterocycles. The summed E-state index contributed by atoms with van der Waals surface area (Å²) in [6.45, 7) is 0. The molecule has 3 heterocycles. The first-order valence-corrected chi connectivity index (χ1v) is 14.5. The topological polar surface area (TPSA) is 149 Å². The quantitative estimate of drug-likeness (QED) is 0.156. The van der Waals surface area contributed by atoms with Crippen molar-refractivity contribution in [3.05, 3.63) is 94.5 Å². The molecule has 212 valence electrons.